The molecule has 0 saturated heterocycles. The first-order valence-electron chi connectivity index (χ1n) is 16.1. The highest BCUT2D eigenvalue weighted by Crippen LogP contribution is 2.46. The number of carbonyl (C=O) groups is 1. The summed E-state index contributed by atoms with van der Waals surface area (Å²) in [6, 6.07) is 3.27. The van der Waals surface area contributed by atoms with E-state index in [1.54, 1.807) is 19.1 Å². The van der Waals surface area contributed by atoms with Crippen molar-refractivity contribution in [1.82, 2.24) is 0 Å². The summed E-state index contributed by atoms with van der Waals surface area (Å²) in [7, 11) is 0. The molecular formula is C34H54F2O4. The molecule has 0 bridgehead atoms. The fraction of sp³-hybridized carbons (Fsp3) is 0.794. The third-order valence-corrected chi connectivity index (χ3v) is 9.30. The molecule has 2 atom stereocenters. The Morgan fingerprint density at radius 1 is 0.900 bits per heavy atom. The Bertz CT molecular complexity index is 911. The summed E-state index contributed by atoms with van der Waals surface area (Å²) < 4.78 is 40.3. The molecule has 40 heavy (non-hydrogen) atoms. The van der Waals surface area contributed by atoms with Gasteiger partial charge in [-0.05, 0) is 134 Å². The molecule has 6 heteroatoms. The molecule has 1 aromatic rings. The first-order valence-corrected chi connectivity index (χ1v) is 16.1. The van der Waals surface area contributed by atoms with Gasteiger partial charge in [0.1, 0.15) is 5.60 Å². The molecule has 228 valence electrons. The second-order valence-electron chi connectivity index (χ2n) is 13.4. The van der Waals surface area contributed by atoms with Crippen molar-refractivity contribution in [3.63, 3.8) is 0 Å². The molecule has 0 spiro atoms. The van der Waals surface area contributed by atoms with Crippen molar-refractivity contribution in [2.24, 2.45) is 23.7 Å². The van der Waals surface area contributed by atoms with Crippen LogP contribution in [0.2, 0.25) is 0 Å². The average Bonchev–Trinajstić information content (AvgIpc) is 2.91. The number of benzene rings is 1. The highest BCUT2D eigenvalue weighted by molar-refractivity contribution is 5.73. The van der Waals surface area contributed by atoms with Gasteiger partial charge in [0.15, 0.2) is 11.6 Å². The highest BCUT2D eigenvalue weighted by Gasteiger charge is 2.38. The van der Waals surface area contributed by atoms with E-state index in [1.165, 1.54) is 0 Å². The quantitative estimate of drug-likeness (QED) is 0.192. The molecule has 1 N–H and O–H groups in total. The van der Waals surface area contributed by atoms with Crippen LogP contribution < -0.4 is 4.74 Å². The molecule has 0 aliphatic heterocycles. The molecule has 0 radical (unpaired) electrons. The summed E-state index contributed by atoms with van der Waals surface area (Å²) >= 11 is 0. The molecule has 0 amide bonds. The zero-order valence-electron chi connectivity index (χ0n) is 25.7. The van der Waals surface area contributed by atoms with Crippen LogP contribution in [0.1, 0.15) is 136 Å². The number of hydrogen-bond acceptors (Lipinski definition) is 4. The lowest BCUT2D eigenvalue weighted by atomic mass is 9.66. The lowest BCUT2D eigenvalue weighted by Crippen LogP contribution is -2.35. The van der Waals surface area contributed by atoms with E-state index < -0.39 is 17.2 Å². The second kappa shape index (κ2) is 15.5. The van der Waals surface area contributed by atoms with Crippen LogP contribution in [0.5, 0.6) is 5.75 Å². The molecule has 4 nitrogen and oxygen atoms in total. The maximum atomic E-state index is 14.8. The van der Waals surface area contributed by atoms with Gasteiger partial charge in [0, 0.05) is 0 Å². The Labute approximate surface area is 241 Å². The standard InChI is InChI=1S/C34H54F2O4/c1-6-8-9-10-27(37)19-20-29(33(38)40-34(3,4)5)26-17-13-24(14-18-26)23-11-15-25(16-12-23)28-21-22-30(39-7-2)32(36)31(28)35/h21-27,29,37H,6-20H2,1-5H3. The number of rotatable bonds is 13. The molecular weight excluding hydrogens is 510 g/mol. The highest BCUT2D eigenvalue weighted by atomic mass is 19.2. The molecule has 2 unspecified atom stereocenters. The van der Waals surface area contributed by atoms with E-state index in [0.29, 0.717) is 42.8 Å². The summed E-state index contributed by atoms with van der Waals surface area (Å²) in [4.78, 5) is 13.2. The van der Waals surface area contributed by atoms with Gasteiger partial charge < -0.3 is 14.6 Å². The smallest absolute Gasteiger partial charge is 0.309 e. The maximum Gasteiger partial charge on any atom is 0.309 e. The number of hydrogen-bond donors (Lipinski definition) is 1. The minimum atomic E-state index is -0.868. The third-order valence-electron chi connectivity index (χ3n) is 9.30. The number of ether oxygens (including phenoxy) is 2. The molecule has 2 saturated carbocycles. The van der Waals surface area contributed by atoms with Gasteiger partial charge in [0.2, 0.25) is 5.82 Å². The summed E-state index contributed by atoms with van der Waals surface area (Å²) in [6.07, 6.45) is 13.1. The Hall–Kier alpha value is -1.69. The van der Waals surface area contributed by atoms with Crippen molar-refractivity contribution in [3.8, 4) is 5.75 Å². The average molecular weight is 565 g/mol. The van der Waals surface area contributed by atoms with Crippen LogP contribution in [0.25, 0.3) is 0 Å². The molecule has 0 aromatic heterocycles. The van der Waals surface area contributed by atoms with E-state index in [-0.39, 0.29) is 29.7 Å². The Morgan fingerprint density at radius 2 is 1.52 bits per heavy atom. The van der Waals surface area contributed by atoms with Gasteiger partial charge >= 0.3 is 5.97 Å². The van der Waals surface area contributed by atoms with Crippen LogP contribution in [0.4, 0.5) is 8.78 Å². The van der Waals surface area contributed by atoms with Gasteiger partial charge in [-0.25, -0.2) is 4.39 Å². The summed E-state index contributed by atoms with van der Waals surface area (Å²) in [5.74, 6) is -0.317. The van der Waals surface area contributed by atoms with Crippen LogP contribution in [0.3, 0.4) is 0 Å². The van der Waals surface area contributed by atoms with E-state index in [1.807, 2.05) is 20.8 Å². The van der Waals surface area contributed by atoms with E-state index in [9.17, 15) is 18.7 Å². The van der Waals surface area contributed by atoms with Crippen molar-refractivity contribution in [2.45, 2.75) is 142 Å². The zero-order chi connectivity index (χ0) is 29.3. The van der Waals surface area contributed by atoms with Crippen molar-refractivity contribution < 1.29 is 28.2 Å². The van der Waals surface area contributed by atoms with Crippen molar-refractivity contribution in [3.05, 3.63) is 29.3 Å². The first-order chi connectivity index (χ1) is 19.0. The van der Waals surface area contributed by atoms with E-state index in [0.717, 1.165) is 77.0 Å². The number of aliphatic hydroxyl groups excluding tert-OH is 1. The SMILES string of the molecule is CCCCCC(O)CCC(C(=O)OC(C)(C)C)C1CCC(C2CCC(c3ccc(OCC)c(F)c3F)CC2)CC1. The Kier molecular flexibility index (Phi) is 12.7. The summed E-state index contributed by atoms with van der Waals surface area (Å²) in [5, 5.41) is 10.5. The largest absolute Gasteiger partial charge is 0.491 e. The molecule has 2 aliphatic carbocycles. The van der Waals surface area contributed by atoms with Gasteiger partial charge in [-0.1, -0.05) is 32.3 Å². The van der Waals surface area contributed by atoms with Crippen molar-refractivity contribution in [2.75, 3.05) is 6.61 Å². The van der Waals surface area contributed by atoms with Gasteiger partial charge in [-0.3, -0.25) is 4.79 Å². The predicted molar refractivity (Wildman–Crippen MR) is 156 cm³/mol. The second-order valence-corrected chi connectivity index (χ2v) is 13.4. The van der Waals surface area contributed by atoms with E-state index >= 15 is 0 Å². The minimum Gasteiger partial charge on any atom is -0.491 e. The monoisotopic (exact) mass is 564 g/mol. The van der Waals surface area contributed by atoms with Crippen LogP contribution in [-0.4, -0.2) is 29.4 Å². The first kappa shape index (κ1) is 32.8. The molecule has 2 aliphatic rings. The van der Waals surface area contributed by atoms with Gasteiger partial charge in [-0.2, -0.15) is 4.39 Å². The van der Waals surface area contributed by atoms with Crippen LogP contribution >= 0.6 is 0 Å². The molecule has 2 fully saturated rings. The van der Waals surface area contributed by atoms with Crippen LogP contribution in [0.15, 0.2) is 12.1 Å². The molecule has 1 aromatic carbocycles. The molecule has 3 rings (SSSR count). The predicted octanol–water partition coefficient (Wildman–Crippen LogP) is 9.12. The topological polar surface area (TPSA) is 55.8 Å². The number of halogens is 2. The fourth-order valence-electron chi connectivity index (χ4n) is 7.12. The number of esters is 1. The zero-order valence-corrected chi connectivity index (χ0v) is 25.7. The molecule has 0 heterocycles. The summed E-state index contributed by atoms with van der Waals surface area (Å²) in [5.41, 5.74) is -0.0309. The van der Waals surface area contributed by atoms with Crippen LogP contribution in [-0.2, 0) is 9.53 Å². The number of carbonyl (C=O) groups excluding carboxylic acids is 1. The van der Waals surface area contributed by atoms with Crippen molar-refractivity contribution >= 4 is 5.97 Å². The third kappa shape index (κ3) is 9.42. The van der Waals surface area contributed by atoms with Gasteiger partial charge in [-0.15, -0.1) is 0 Å². The lowest BCUT2D eigenvalue weighted by Gasteiger charge is -2.40. The van der Waals surface area contributed by atoms with Gasteiger partial charge in [0.05, 0.1) is 18.6 Å². The van der Waals surface area contributed by atoms with E-state index in [4.69, 9.17) is 9.47 Å². The Morgan fingerprint density at radius 3 is 2.10 bits per heavy atom. The van der Waals surface area contributed by atoms with Gasteiger partial charge in [0.25, 0.3) is 0 Å². The van der Waals surface area contributed by atoms with Crippen molar-refractivity contribution in [1.29, 1.82) is 0 Å². The fourth-order valence-corrected chi connectivity index (χ4v) is 7.12. The number of unbranched alkanes of at least 4 members (excludes halogenated alkanes) is 2. The minimum absolute atomic E-state index is 0.00937. The number of aliphatic hydroxyl groups is 1. The lowest BCUT2D eigenvalue weighted by molar-refractivity contribution is -0.163. The Balaban J connectivity index is 1.53. The van der Waals surface area contributed by atoms with E-state index in [2.05, 4.69) is 6.92 Å². The van der Waals surface area contributed by atoms with Crippen LogP contribution in [0, 0.1) is 35.3 Å². The maximum absolute atomic E-state index is 14.8. The summed E-state index contributed by atoms with van der Waals surface area (Å²) in [6.45, 7) is 9.99. The normalized spacial score (nSPS) is 25.3.